The van der Waals surface area contributed by atoms with Crippen molar-refractivity contribution in [3.05, 3.63) is 53.6 Å². The number of phenolic OH excluding ortho intramolecular Hbond substituents is 1. The molecule has 0 aromatic heterocycles. The Balaban J connectivity index is 1.50. The van der Waals surface area contributed by atoms with Crippen molar-refractivity contribution in [1.29, 1.82) is 0 Å². The summed E-state index contributed by atoms with van der Waals surface area (Å²) in [6, 6.07) is 14.8. The van der Waals surface area contributed by atoms with E-state index in [-0.39, 0.29) is 11.7 Å². The molecule has 1 amide bonds. The molecule has 2 aromatic rings. The lowest BCUT2D eigenvalue weighted by Gasteiger charge is -2.36. The van der Waals surface area contributed by atoms with E-state index in [1.807, 2.05) is 41.3 Å². The molecule has 1 saturated heterocycles. The van der Waals surface area contributed by atoms with E-state index in [0.29, 0.717) is 23.9 Å². The van der Waals surface area contributed by atoms with Crippen molar-refractivity contribution in [2.75, 3.05) is 36.8 Å². The molecule has 1 fully saturated rings. The average molecular weight is 363 g/mol. The van der Waals surface area contributed by atoms with Crippen LogP contribution in [0, 0.1) is 0 Å². The molecule has 1 heterocycles. The Morgan fingerprint density at radius 3 is 2.38 bits per heavy atom. The van der Waals surface area contributed by atoms with E-state index in [1.54, 1.807) is 12.1 Å². The maximum absolute atomic E-state index is 12.4. The lowest BCUT2D eigenvalue weighted by molar-refractivity contribution is -0.128. The topological polar surface area (TPSA) is 43.8 Å². The molecule has 4 nitrogen and oxygen atoms in total. The summed E-state index contributed by atoms with van der Waals surface area (Å²) in [5.41, 5.74) is 1.07. The molecule has 126 valence electrons. The van der Waals surface area contributed by atoms with Crippen LogP contribution in [0.3, 0.4) is 0 Å². The van der Waals surface area contributed by atoms with Gasteiger partial charge in [0.15, 0.2) is 0 Å². The lowest BCUT2D eigenvalue weighted by atomic mass is 10.2. The van der Waals surface area contributed by atoms with Gasteiger partial charge >= 0.3 is 0 Å². The van der Waals surface area contributed by atoms with Crippen molar-refractivity contribution in [1.82, 2.24) is 4.90 Å². The minimum atomic E-state index is 0.144. The second-order valence-corrected chi connectivity index (χ2v) is 7.03. The van der Waals surface area contributed by atoms with E-state index in [2.05, 4.69) is 4.90 Å². The van der Waals surface area contributed by atoms with Gasteiger partial charge in [-0.05, 0) is 36.4 Å². The highest BCUT2D eigenvalue weighted by Gasteiger charge is 2.21. The van der Waals surface area contributed by atoms with E-state index in [0.717, 1.165) is 23.7 Å². The molecule has 24 heavy (non-hydrogen) atoms. The molecule has 6 heteroatoms. The lowest BCUT2D eigenvalue weighted by Crippen LogP contribution is -2.49. The third kappa shape index (κ3) is 4.16. The van der Waals surface area contributed by atoms with Crippen LogP contribution in [0.5, 0.6) is 5.75 Å². The van der Waals surface area contributed by atoms with Crippen molar-refractivity contribution >= 4 is 35.0 Å². The van der Waals surface area contributed by atoms with Crippen LogP contribution in [-0.4, -0.2) is 47.8 Å². The van der Waals surface area contributed by atoms with Crippen LogP contribution in [-0.2, 0) is 4.79 Å². The number of hydrogen-bond acceptors (Lipinski definition) is 4. The Bertz CT molecular complexity index is 700. The maximum atomic E-state index is 12.4. The molecule has 1 N–H and O–H groups in total. The number of anilines is 1. The van der Waals surface area contributed by atoms with Crippen LogP contribution in [0.1, 0.15) is 0 Å². The van der Waals surface area contributed by atoms with Gasteiger partial charge in [0.25, 0.3) is 0 Å². The van der Waals surface area contributed by atoms with Crippen molar-refractivity contribution in [2.24, 2.45) is 0 Å². The predicted octanol–water partition coefficient (Wildman–Crippen LogP) is 3.49. The first-order chi connectivity index (χ1) is 11.6. The van der Waals surface area contributed by atoms with Crippen LogP contribution in [0.2, 0.25) is 5.02 Å². The van der Waals surface area contributed by atoms with E-state index in [4.69, 9.17) is 11.6 Å². The second-order valence-electron chi connectivity index (χ2n) is 5.60. The third-order valence-electron chi connectivity index (χ3n) is 4.04. The predicted molar refractivity (Wildman–Crippen MR) is 99.1 cm³/mol. The molecule has 2 aromatic carbocycles. The van der Waals surface area contributed by atoms with Gasteiger partial charge in [-0.15, -0.1) is 11.8 Å². The first kappa shape index (κ1) is 17.0. The number of aromatic hydroxyl groups is 1. The Labute approximate surface area is 151 Å². The normalized spacial score (nSPS) is 14.7. The number of amides is 1. The van der Waals surface area contributed by atoms with Gasteiger partial charge in [0.05, 0.1) is 10.8 Å². The minimum absolute atomic E-state index is 0.144. The summed E-state index contributed by atoms with van der Waals surface area (Å²) in [6.45, 7) is 3.02. The molecule has 0 radical (unpaired) electrons. The number of nitrogens with zero attached hydrogens (tertiary/aromatic N) is 2. The summed E-state index contributed by atoms with van der Waals surface area (Å²) in [7, 11) is 0. The number of hydrogen-bond donors (Lipinski definition) is 1. The summed E-state index contributed by atoms with van der Waals surface area (Å²) in [4.78, 5) is 17.5. The Morgan fingerprint density at radius 2 is 1.71 bits per heavy atom. The van der Waals surface area contributed by atoms with Gasteiger partial charge in [-0.1, -0.05) is 23.7 Å². The number of halogens is 1. The molecule has 0 atom stereocenters. The summed E-state index contributed by atoms with van der Waals surface area (Å²) in [6.07, 6.45) is 0. The highest BCUT2D eigenvalue weighted by Crippen LogP contribution is 2.27. The van der Waals surface area contributed by atoms with E-state index in [9.17, 15) is 9.90 Å². The van der Waals surface area contributed by atoms with Crippen molar-refractivity contribution in [2.45, 2.75) is 4.90 Å². The first-order valence-electron chi connectivity index (χ1n) is 7.82. The van der Waals surface area contributed by atoms with Crippen molar-refractivity contribution in [3.8, 4) is 5.75 Å². The zero-order chi connectivity index (χ0) is 16.9. The fourth-order valence-corrected chi connectivity index (χ4v) is 3.81. The van der Waals surface area contributed by atoms with E-state index >= 15 is 0 Å². The molecule has 3 rings (SSSR count). The molecular weight excluding hydrogens is 344 g/mol. The maximum Gasteiger partial charge on any atom is 0.233 e. The van der Waals surface area contributed by atoms with E-state index in [1.165, 1.54) is 11.8 Å². The van der Waals surface area contributed by atoms with Gasteiger partial charge in [0.1, 0.15) is 5.75 Å². The number of thioether (sulfide) groups is 1. The molecule has 0 bridgehead atoms. The van der Waals surface area contributed by atoms with Gasteiger partial charge in [-0.2, -0.15) is 0 Å². The Hall–Kier alpha value is -1.85. The van der Waals surface area contributed by atoms with Crippen LogP contribution in [0.4, 0.5) is 5.69 Å². The van der Waals surface area contributed by atoms with Crippen LogP contribution in [0.15, 0.2) is 53.4 Å². The molecule has 0 aliphatic carbocycles. The summed E-state index contributed by atoms with van der Waals surface area (Å²) in [5.74, 6) is 0.817. The fraction of sp³-hybridized carbons (Fsp3) is 0.278. The molecule has 0 saturated carbocycles. The standard InChI is InChI=1S/C18H19ClN2O2S/c19-16-3-1-2-4-17(16)24-13-18(23)21-11-9-20(10-12-21)14-5-7-15(22)8-6-14/h1-8,22H,9-13H2. The van der Waals surface area contributed by atoms with Crippen molar-refractivity contribution in [3.63, 3.8) is 0 Å². The smallest absolute Gasteiger partial charge is 0.233 e. The zero-order valence-electron chi connectivity index (χ0n) is 13.2. The van der Waals surface area contributed by atoms with Gasteiger partial charge in [0.2, 0.25) is 5.91 Å². The van der Waals surface area contributed by atoms with Crippen molar-refractivity contribution < 1.29 is 9.90 Å². The number of carbonyl (C=O) groups is 1. The summed E-state index contributed by atoms with van der Waals surface area (Å²) in [5, 5.41) is 10.0. The van der Waals surface area contributed by atoms with Crippen LogP contribution < -0.4 is 4.90 Å². The molecule has 1 aliphatic rings. The fourth-order valence-electron chi connectivity index (χ4n) is 2.67. The number of rotatable bonds is 4. The zero-order valence-corrected chi connectivity index (χ0v) is 14.8. The monoisotopic (exact) mass is 362 g/mol. The molecular formula is C18H19ClN2O2S. The Kier molecular flexibility index (Phi) is 5.53. The average Bonchev–Trinajstić information content (AvgIpc) is 2.62. The first-order valence-corrected chi connectivity index (χ1v) is 9.19. The van der Waals surface area contributed by atoms with Gasteiger partial charge in [-0.3, -0.25) is 4.79 Å². The van der Waals surface area contributed by atoms with Crippen LogP contribution in [0.25, 0.3) is 0 Å². The number of carbonyl (C=O) groups excluding carboxylic acids is 1. The summed E-state index contributed by atoms with van der Waals surface area (Å²) < 4.78 is 0. The highest BCUT2D eigenvalue weighted by atomic mass is 35.5. The summed E-state index contributed by atoms with van der Waals surface area (Å²) >= 11 is 7.60. The molecule has 0 spiro atoms. The van der Waals surface area contributed by atoms with Gasteiger partial charge in [-0.25, -0.2) is 0 Å². The SMILES string of the molecule is O=C(CSc1ccccc1Cl)N1CCN(c2ccc(O)cc2)CC1. The molecule has 1 aliphatic heterocycles. The molecule has 0 unspecified atom stereocenters. The Morgan fingerprint density at radius 1 is 1.04 bits per heavy atom. The van der Waals surface area contributed by atoms with Gasteiger partial charge < -0.3 is 14.9 Å². The quantitative estimate of drug-likeness (QED) is 0.845. The number of phenols is 1. The number of piperazine rings is 1. The van der Waals surface area contributed by atoms with Gasteiger partial charge in [0, 0.05) is 36.8 Å². The highest BCUT2D eigenvalue weighted by molar-refractivity contribution is 8.00. The third-order valence-corrected chi connectivity index (χ3v) is 5.53. The second kappa shape index (κ2) is 7.81. The van der Waals surface area contributed by atoms with Crippen LogP contribution >= 0.6 is 23.4 Å². The largest absolute Gasteiger partial charge is 0.508 e. The minimum Gasteiger partial charge on any atom is -0.508 e. The number of benzene rings is 2. The van der Waals surface area contributed by atoms with E-state index < -0.39 is 0 Å².